The van der Waals surface area contributed by atoms with Gasteiger partial charge in [-0.25, -0.2) is 9.37 Å². The number of aromatic nitrogens is 1. The smallest absolute Gasteiger partial charge is 0.257 e. The van der Waals surface area contributed by atoms with Crippen LogP contribution in [0.4, 0.5) is 4.39 Å². The summed E-state index contributed by atoms with van der Waals surface area (Å²) in [6, 6.07) is 9.09. The van der Waals surface area contributed by atoms with E-state index in [4.69, 9.17) is 9.47 Å². The van der Waals surface area contributed by atoms with Crippen molar-refractivity contribution < 1.29 is 28.2 Å². The van der Waals surface area contributed by atoms with Crippen molar-refractivity contribution in [3.8, 4) is 5.88 Å². The maximum absolute atomic E-state index is 14.3. The number of halogens is 1. The fourth-order valence-corrected chi connectivity index (χ4v) is 5.63. The van der Waals surface area contributed by atoms with Gasteiger partial charge in [0.05, 0.1) is 18.2 Å². The highest BCUT2D eigenvalue weighted by Gasteiger charge is 2.40. The Kier molecular flexibility index (Phi) is 7.18. The second-order valence-corrected chi connectivity index (χ2v) is 10.7. The summed E-state index contributed by atoms with van der Waals surface area (Å²) >= 11 is 0. The summed E-state index contributed by atoms with van der Waals surface area (Å²) in [6.07, 6.45) is 2.91. The summed E-state index contributed by atoms with van der Waals surface area (Å²) in [5, 5.41) is 3.03. The zero-order chi connectivity index (χ0) is 26.9. The van der Waals surface area contributed by atoms with E-state index in [-0.39, 0.29) is 54.1 Å². The molecule has 11 heteroatoms. The number of hydrogen-bond acceptors (Lipinski definition) is 7. The van der Waals surface area contributed by atoms with E-state index in [2.05, 4.69) is 10.3 Å². The molecule has 1 aromatic carbocycles. The molecule has 3 amide bonds. The molecule has 206 valence electrons. The first-order chi connectivity index (χ1) is 19.0. The standard InChI is InChI=1S/C28H32FN5O5/c29-22-6-2-1-4-19(22)12-32-14-23-24(15-32)38-17-25(35)34-11-10-33(28(37)18-7-8-18)13-20(34)16-39-27-21(26(36)31-23)5-3-9-30-27/h1-6,9,18,20,23-24H,7-8,10-17H2,(H,31,36)/t20-,23+,24-/m0/s1. The van der Waals surface area contributed by atoms with Gasteiger partial charge in [-0.3, -0.25) is 19.3 Å². The van der Waals surface area contributed by atoms with Crippen LogP contribution in [0.2, 0.25) is 0 Å². The third-order valence-electron chi connectivity index (χ3n) is 7.90. The fourth-order valence-electron chi connectivity index (χ4n) is 5.63. The van der Waals surface area contributed by atoms with Crippen molar-refractivity contribution in [2.45, 2.75) is 37.6 Å². The zero-order valence-electron chi connectivity index (χ0n) is 21.6. The molecule has 2 saturated heterocycles. The van der Waals surface area contributed by atoms with E-state index in [9.17, 15) is 18.8 Å². The lowest BCUT2D eigenvalue weighted by Crippen LogP contribution is -2.59. The predicted molar refractivity (Wildman–Crippen MR) is 137 cm³/mol. The van der Waals surface area contributed by atoms with E-state index < -0.39 is 18.2 Å². The normalized spacial score (nSPS) is 26.2. The van der Waals surface area contributed by atoms with Crippen LogP contribution in [-0.2, 0) is 20.9 Å². The average Bonchev–Trinajstić information content (AvgIpc) is 3.73. The minimum atomic E-state index is -0.470. The molecule has 0 bridgehead atoms. The number of hydrogen-bond donors (Lipinski definition) is 1. The van der Waals surface area contributed by atoms with Crippen molar-refractivity contribution in [1.29, 1.82) is 0 Å². The highest BCUT2D eigenvalue weighted by atomic mass is 19.1. The minimum absolute atomic E-state index is 0.0870. The van der Waals surface area contributed by atoms with E-state index in [1.807, 2.05) is 9.80 Å². The van der Waals surface area contributed by atoms with E-state index in [0.29, 0.717) is 44.8 Å². The molecule has 0 radical (unpaired) electrons. The summed E-state index contributed by atoms with van der Waals surface area (Å²) < 4.78 is 26.5. The number of carbonyl (C=O) groups is 3. The maximum Gasteiger partial charge on any atom is 0.257 e. The van der Waals surface area contributed by atoms with Crippen molar-refractivity contribution >= 4 is 17.7 Å². The van der Waals surface area contributed by atoms with Crippen LogP contribution in [0.3, 0.4) is 0 Å². The Morgan fingerprint density at radius 2 is 1.92 bits per heavy atom. The van der Waals surface area contributed by atoms with E-state index in [0.717, 1.165) is 12.8 Å². The molecule has 0 spiro atoms. The van der Waals surface area contributed by atoms with Crippen molar-refractivity contribution in [2.75, 3.05) is 45.9 Å². The lowest BCUT2D eigenvalue weighted by atomic mass is 10.1. The van der Waals surface area contributed by atoms with Gasteiger partial charge in [-0.1, -0.05) is 18.2 Å². The molecule has 4 heterocycles. The topological polar surface area (TPSA) is 104 Å². The van der Waals surface area contributed by atoms with E-state index in [1.165, 1.54) is 6.07 Å². The Labute approximate surface area is 226 Å². The van der Waals surface area contributed by atoms with E-state index in [1.54, 1.807) is 41.4 Å². The third-order valence-corrected chi connectivity index (χ3v) is 7.90. The molecule has 1 saturated carbocycles. The number of likely N-dealkylation sites (tertiary alicyclic amines) is 1. The largest absolute Gasteiger partial charge is 0.475 e. The van der Waals surface area contributed by atoms with Crippen molar-refractivity contribution in [3.63, 3.8) is 0 Å². The average molecular weight is 538 g/mol. The van der Waals surface area contributed by atoms with Gasteiger partial charge in [0, 0.05) is 56.9 Å². The molecule has 39 heavy (non-hydrogen) atoms. The van der Waals surface area contributed by atoms with Crippen LogP contribution in [0, 0.1) is 11.7 Å². The lowest BCUT2D eigenvalue weighted by Gasteiger charge is -2.41. The molecule has 6 rings (SSSR count). The monoisotopic (exact) mass is 537 g/mol. The Balaban J connectivity index is 1.24. The number of piperazine rings is 1. The highest BCUT2D eigenvalue weighted by molar-refractivity contribution is 5.96. The Morgan fingerprint density at radius 1 is 1.08 bits per heavy atom. The number of carbonyl (C=O) groups excluding carboxylic acids is 3. The first kappa shape index (κ1) is 25.7. The summed E-state index contributed by atoms with van der Waals surface area (Å²) in [4.78, 5) is 49.3. The van der Waals surface area contributed by atoms with Gasteiger partial charge in [0.1, 0.15) is 24.6 Å². The van der Waals surface area contributed by atoms with Gasteiger partial charge in [-0.2, -0.15) is 0 Å². The number of amides is 3. The number of nitrogens with one attached hydrogen (secondary N) is 1. The molecule has 3 aliphatic heterocycles. The van der Waals surface area contributed by atoms with Gasteiger partial charge in [-0.15, -0.1) is 0 Å². The number of fused-ring (bicyclic) bond motifs is 3. The Hall–Kier alpha value is -3.57. The summed E-state index contributed by atoms with van der Waals surface area (Å²) in [5.74, 6) is -0.457. The van der Waals surface area contributed by atoms with Gasteiger partial charge in [-0.05, 0) is 31.0 Å². The highest BCUT2D eigenvalue weighted by Crippen LogP contribution is 2.32. The quantitative estimate of drug-likeness (QED) is 0.625. The molecule has 0 unspecified atom stereocenters. The molecular formula is C28H32FN5O5. The first-order valence-corrected chi connectivity index (χ1v) is 13.5. The van der Waals surface area contributed by atoms with Crippen LogP contribution in [-0.4, -0.2) is 102 Å². The van der Waals surface area contributed by atoms with Crippen molar-refractivity contribution in [1.82, 2.24) is 25.0 Å². The molecule has 1 aromatic heterocycles. The maximum atomic E-state index is 14.3. The first-order valence-electron chi connectivity index (χ1n) is 13.5. The predicted octanol–water partition coefficient (Wildman–Crippen LogP) is 1.06. The fraction of sp³-hybridized carbons (Fsp3) is 0.500. The van der Waals surface area contributed by atoms with Crippen LogP contribution in [0.5, 0.6) is 5.88 Å². The van der Waals surface area contributed by atoms with Gasteiger partial charge in [0.25, 0.3) is 5.91 Å². The summed E-state index contributed by atoms with van der Waals surface area (Å²) in [7, 11) is 0. The number of pyridine rings is 1. The number of ether oxygens (including phenoxy) is 2. The van der Waals surface area contributed by atoms with Crippen molar-refractivity contribution in [3.05, 3.63) is 59.5 Å². The number of benzene rings is 1. The Bertz CT molecular complexity index is 1260. The van der Waals surface area contributed by atoms with Gasteiger partial charge < -0.3 is 24.6 Å². The van der Waals surface area contributed by atoms with Crippen LogP contribution < -0.4 is 10.1 Å². The molecule has 1 N–H and O–H groups in total. The number of nitrogens with zero attached hydrogens (tertiary/aromatic N) is 4. The van der Waals surface area contributed by atoms with Crippen LogP contribution in [0.15, 0.2) is 42.6 Å². The van der Waals surface area contributed by atoms with E-state index >= 15 is 0 Å². The Morgan fingerprint density at radius 3 is 2.74 bits per heavy atom. The molecule has 3 atom stereocenters. The van der Waals surface area contributed by atoms with Crippen molar-refractivity contribution in [2.24, 2.45) is 5.92 Å². The summed E-state index contributed by atoms with van der Waals surface area (Å²) in [6.45, 7) is 2.36. The summed E-state index contributed by atoms with van der Waals surface area (Å²) in [5.41, 5.74) is 0.834. The van der Waals surface area contributed by atoms with Gasteiger partial charge in [0.15, 0.2) is 0 Å². The molecule has 10 nitrogen and oxygen atoms in total. The SMILES string of the molecule is O=C1N[C@@H]2CN(Cc3ccccc3F)C[C@@H]2OCC(=O)N2CCN(C(=O)C3CC3)C[C@H]2COc2ncccc21. The minimum Gasteiger partial charge on any atom is -0.475 e. The van der Waals surface area contributed by atoms with Gasteiger partial charge >= 0.3 is 0 Å². The second-order valence-electron chi connectivity index (χ2n) is 10.7. The van der Waals surface area contributed by atoms with Gasteiger partial charge in [0.2, 0.25) is 17.7 Å². The zero-order valence-corrected chi connectivity index (χ0v) is 21.6. The number of rotatable bonds is 3. The second kappa shape index (κ2) is 10.9. The molecule has 3 fully saturated rings. The van der Waals surface area contributed by atoms with Crippen LogP contribution >= 0.6 is 0 Å². The third kappa shape index (κ3) is 5.60. The van der Waals surface area contributed by atoms with Crippen LogP contribution in [0.1, 0.15) is 28.8 Å². The molecule has 2 aromatic rings. The lowest BCUT2D eigenvalue weighted by molar-refractivity contribution is -0.149. The molecule has 4 aliphatic rings. The molecular weight excluding hydrogens is 505 g/mol. The van der Waals surface area contributed by atoms with Crippen LogP contribution in [0.25, 0.3) is 0 Å². The molecule has 1 aliphatic carbocycles.